The summed E-state index contributed by atoms with van der Waals surface area (Å²) in [6, 6.07) is 5.82. The molecule has 1 aromatic rings. The van der Waals surface area contributed by atoms with Gasteiger partial charge in [-0.3, -0.25) is 0 Å². The van der Waals surface area contributed by atoms with E-state index in [0.29, 0.717) is 18.1 Å². The molecule has 0 aromatic heterocycles. The molecular formula is C11H15BrClNO. The smallest absolute Gasteiger partial charge is 0.0715 e. The molecule has 0 radical (unpaired) electrons. The monoisotopic (exact) mass is 291 g/mol. The average Bonchev–Trinajstić information content (AvgIpc) is 2.09. The number of aliphatic hydroxyl groups is 1. The lowest BCUT2D eigenvalue weighted by molar-refractivity contribution is 0.0795. The van der Waals surface area contributed by atoms with Crippen LogP contribution in [0.5, 0.6) is 0 Å². The first-order valence-corrected chi connectivity index (χ1v) is 5.92. The third kappa shape index (κ3) is 4.98. The van der Waals surface area contributed by atoms with Crippen molar-refractivity contribution in [2.75, 3.05) is 6.54 Å². The third-order valence-corrected chi connectivity index (χ3v) is 3.10. The Kier molecular flexibility index (Phi) is 4.59. The summed E-state index contributed by atoms with van der Waals surface area (Å²) in [4.78, 5) is 0. The summed E-state index contributed by atoms with van der Waals surface area (Å²) in [6.07, 6.45) is 0. The van der Waals surface area contributed by atoms with Crippen LogP contribution in [0.4, 0.5) is 0 Å². The Morgan fingerprint density at radius 1 is 1.47 bits per heavy atom. The molecule has 0 unspecified atom stereocenters. The molecule has 2 N–H and O–H groups in total. The number of hydrogen-bond donors (Lipinski definition) is 2. The van der Waals surface area contributed by atoms with Gasteiger partial charge in [0.05, 0.1) is 10.6 Å². The first-order chi connectivity index (χ1) is 6.88. The predicted molar refractivity (Wildman–Crippen MR) is 67.2 cm³/mol. The van der Waals surface area contributed by atoms with E-state index in [1.54, 1.807) is 13.8 Å². The van der Waals surface area contributed by atoms with E-state index >= 15 is 0 Å². The topological polar surface area (TPSA) is 32.3 Å². The number of rotatable bonds is 4. The van der Waals surface area contributed by atoms with E-state index in [9.17, 15) is 5.11 Å². The molecule has 84 valence electrons. The van der Waals surface area contributed by atoms with Crippen LogP contribution >= 0.6 is 27.5 Å². The van der Waals surface area contributed by atoms with Crippen molar-refractivity contribution < 1.29 is 5.11 Å². The highest BCUT2D eigenvalue weighted by molar-refractivity contribution is 9.10. The first kappa shape index (κ1) is 13.0. The molecule has 0 atom stereocenters. The second-order valence-corrected chi connectivity index (χ2v) is 5.43. The Balaban J connectivity index is 2.48. The largest absolute Gasteiger partial charge is 0.389 e. The molecule has 0 fully saturated rings. The quantitative estimate of drug-likeness (QED) is 0.894. The van der Waals surface area contributed by atoms with E-state index in [2.05, 4.69) is 21.2 Å². The number of benzene rings is 1. The first-order valence-electron chi connectivity index (χ1n) is 4.75. The molecule has 0 amide bonds. The second kappa shape index (κ2) is 5.30. The van der Waals surface area contributed by atoms with Gasteiger partial charge in [0.25, 0.3) is 0 Å². The highest BCUT2D eigenvalue weighted by Gasteiger charge is 2.10. The molecule has 0 aliphatic carbocycles. The van der Waals surface area contributed by atoms with Crippen molar-refractivity contribution in [3.05, 3.63) is 33.3 Å². The molecule has 0 spiro atoms. The molecule has 0 aliphatic heterocycles. The second-order valence-electron chi connectivity index (χ2n) is 4.16. The maximum absolute atomic E-state index is 9.50. The number of nitrogens with one attached hydrogen (secondary N) is 1. The summed E-state index contributed by atoms with van der Waals surface area (Å²) in [6.45, 7) is 4.81. The molecule has 15 heavy (non-hydrogen) atoms. The summed E-state index contributed by atoms with van der Waals surface area (Å²) in [7, 11) is 0. The van der Waals surface area contributed by atoms with Crippen molar-refractivity contribution in [1.29, 1.82) is 0 Å². The Morgan fingerprint density at radius 2 is 2.13 bits per heavy atom. The molecular weight excluding hydrogens is 277 g/mol. The maximum Gasteiger partial charge on any atom is 0.0715 e. The van der Waals surface area contributed by atoms with Gasteiger partial charge < -0.3 is 10.4 Å². The summed E-state index contributed by atoms with van der Waals surface area (Å²) in [5.41, 5.74) is 0.423. The van der Waals surface area contributed by atoms with E-state index in [1.165, 1.54) is 0 Å². The molecule has 0 heterocycles. The molecule has 0 aliphatic rings. The fourth-order valence-corrected chi connectivity index (χ4v) is 1.61. The van der Waals surface area contributed by atoms with Crippen LogP contribution in [0.25, 0.3) is 0 Å². The van der Waals surface area contributed by atoms with Crippen molar-refractivity contribution in [2.45, 2.75) is 26.0 Å². The minimum absolute atomic E-state index is 0.556. The van der Waals surface area contributed by atoms with Gasteiger partial charge in [-0.15, -0.1) is 0 Å². The highest BCUT2D eigenvalue weighted by atomic mass is 79.9. The van der Waals surface area contributed by atoms with E-state index < -0.39 is 5.60 Å². The average molecular weight is 293 g/mol. The minimum Gasteiger partial charge on any atom is -0.389 e. The van der Waals surface area contributed by atoms with Crippen LogP contribution in [-0.4, -0.2) is 17.3 Å². The van der Waals surface area contributed by atoms with Crippen LogP contribution < -0.4 is 5.32 Å². The molecule has 0 saturated carbocycles. The molecule has 4 heteroatoms. The fourth-order valence-electron chi connectivity index (χ4n) is 1.16. The van der Waals surface area contributed by atoms with Gasteiger partial charge in [0, 0.05) is 17.6 Å². The van der Waals surface area contributed by atoms with Gasteiger partial charge in [0.2, 0.25) is 0 Å². The van der Waals surface area contributed by atoms with Gasteiger partial charge in [-0.2, -0.15) is 0 Å². The van der Waals surface area contributed by atoms with Crippen LogP contribution in [0.2, 0.25) is 5.02 Å². The van der Waals surface area contributed by atoms with E-state index in [4.69, 9.17) is 11.6 Å². The zero-order valence-corrected chi connectivity index (χ0v) is 11.2. The van der Waals surface area contributed by atoms with Gasteiger partial charge in [0.1, 0.15) is 0 Å². The van der Waals surface area contributed by atoms with Crippen molar-refractivity contribution in [1.82, 2.24) is 5.32 Å². The molecule has 1 aromatic carbocycles. The summed E-state index contributed by atoms with van der Waals surface area (Å²) in [5.74, 6) is 0. The standard InChI is InChI=1S/C11H15BrClNO/c1-11(2,15)7-14-6-8-3-4-9(12)10(13)5-8/h3-5,14-15H,6-7H2,1-2H3. The summed E-state index contributed by atoms with van der Waals surface area (Å²) < 4.78 is 0.899. The lowest BCUT2D eigenvalue weighted by atomic mass is 10.1. The molecule has 2 nitrogen and oxygen atoms in total. The van der Waals surface area contributed by atoms with Gasteiger partial charge in [0.15, 0.2) is 0 Å². The normalized spacial score (nSPS) is 11.8. The van der Waals surface area contributed by atoms with Gasteiger partial charge in [-0.1, -0.05) is 17.7 Å². The molecule has 0 saturated heterocycles. The minimum atomic E-state index is -0.681. The van der Waals surface area contributed by atoms with Crippen LogP contribution in [0.1, 0.15) is 19.4 Å². The van der Waals surface area contributed by atoms with Gasteiger partial charge >= 0.3 is 0 Å². The lowest BCUT2D eigenvalue weighted by Gasteiger charge is -2.17. The number of halogens is 2. The SMILES string of the molecule is CC(C)(O)CNCc1ccc(Br)c(Cl)c1. The van der Waals surface area contributed by atoms with Gasteiger partial charge in [-0.25, -0.2) is 0 Å². The Bertz CT molecular complexity index is 336. The van der Waals surface area contributed by atoms with Crippen molar-refractivity contribution >= 4 is 27.5 Å². The Labute approximate surface area is 104 Å². The van der Waals surface area contributed by atoms with Crippen LogP contribution in [-0.2, 0) is 6.54 Å². The van der Waals surface area contributed by atoms with Crippen molar-refractivity contribution in [3.8, 4) is 0 Å². The van der Waals surface area contributed by atoms with Gasteiger partial charge in [-0.05, 0) is 47.5 Å². The van der Waals surface area contributed by atoms with E-state index in [-0.39, 0.29) is 0 Å². The third-order valence-electron chi connectivity index (χ3n) is 1.87. The van der Waals surface area contributed by atoms with Crippen molar-refractivity contribution in [2.24, 2.45) is 0 Å². The Hall–Kier alpha value is -0.0900. The number of hydrogen-bond acceptors (Lipinski definition) is 2. The highest BCUT2D eigenvalue weighted by Crippen LogP contribution is 2.23. The zero-order valence-electron chi connectivity index (χ0n) is 8.85. The van der Waals surface area contributed by atoms with Crippen LogP contribution in [0.15, 0.2) is 22.7 Å². The summed E-state index contributed by atoms with van der Waals surface area (Å²) >= 11 is 9.30. The van der Waals surface area contributed by atoms with Crippen molar-refractivity contribution in [3.63, 3.8) is 0 Å². The maximum atomic E-state index is 9.50. The lowest BCUT2D eigenvalue weighted by Crippen LogP contribution is -2.34. The Morgan fingerprint density at radius 3 is 2.67 bits per heavy atom. The van der Waals surface area contributed by atoms with Crippen LogP contribution in [0, 0.1) is 0 Å². The van der Waals surface area contributed by atoms with Crippen LogP contribution in [0.3, 0.4) is 0 Å². The predicted octanol–water partition coefficient (Wildman–Crippen LogP) is 2.96. The zero-order chi connectivity index (χ0) is 11.5. The van der Waals surface area contributed by atoms with E-state index in [0.717, 1.165) is 10.0 Å². The molecule has 0 bridgehead atoms. The molecule has 1 rings (SSSR count). The fraction of sp³-hybridized carbons (Fsp3) is 0.455. The van der Waals surface area contributed by atoms with E-state index in [1.807, 2.05) is 18.2 Å². The summed E-state index contributed by atoms with van der Waals surface area (Å²) in [5, 5.41) is 13.4.